The van der Waals surface area contributed by atoms with Gasteiger partial charge in [0, 0.05) is 6.42 Å². The highest BCUT2D eigenvalue weighted by atomic mass is 16.7. The molecule has 0 aromatic heterocycles. The molecule has 0 aromatic carbocycles. The molecule has 0 aliphatic carbocycles. The largest absolute Gasteiger partial charge is 0.477 e. The lowest BCUT2D eigenvalue weighted by Crippen LogP contribution is -2.65. The van der Waals surface area contributed by atoms with Gasteiger partial charge in [-0.3, -0.25) is 0 Å². The van der Waals surface area contributed by atoms with E-state index in [1.807, 2.05) is 0 Å². The zero-order valence-corrected chi connectivity index (χ0v) is 9.38. The van der Waals surface area contributed by atoms with E-state index in [-0.39, 0.29) is 0 Å². The maximum Gasteiger partial charge on any atom is 0.364 e. The molecule has 1 aliphatic heterocycles. The number of ether oxygens (including phenoxy) is 1. The van der Waals surface area contributed by atoms with Crippen LogP contribution in [0.1, 0.15) is 6.42 Å². The molecule has 1 fully saturated rings. The Morgan fingerprint density at radius 3 is 2.50 bits per heavy atom. The number of carbonyl (C=O) groups is 1. The van der Waals surface area contributed by atoms with Crippen molar-refractivity contribution in [2.75, 3.05) is 6.61 Å². The molecule has 1 heterocycles. The highest BCUT2D eigenvalue weighted by molar-refractivity contribution is 5.75. The number of carboxylic acids is 1. The average molecular weight is 267 g/mol. The molecule has 3 unspecified atom stereocenters. The van der Waals surface area contributed by atoms with E-state index in [4.69, 9.17) is 20.7 Å². The predicted molar refractivity (Wildman–Crippen MR) is 55.2 cm³/mol. The molecule has 1 saturated heterocycles. The third kappa shape index (κ3) is 2.78. The number of hydrogen-bond acceptors (Lipinski definition) is 8. The summed E-state index contributed by atoms with van der Waals surface area (Å²) in [5, 5.41) is 55.5. The molecule has 0 amide bonds. The Bertz CT molecular complexity index is 313. The standard InChI is InChI=1S/C9H17NO8/c10-5-3(12)1-9(17,8(15)16)18-7(5)6(14)4(13)2-11/h3-7,11-14,17H,1-2,10H2,(H,15,16)/t3-,4-,5?,6-,7?,9?/m1/s1. The van der Waals surface area contributed by atoms with E-state index in [1.54, 1.807) is 0 Å². The van der Waals surface area contributed by atoms with Gasteiger partial charge in [-0.1, -0.05) is 0 Å². The summed E-state index contributed by atoms with van der Waals surface area (Å²) in [5.41, 5.74) is 5.51. The first-order valence-electron chi connectivity index (χ1n) is 5.27. The van der Waals surface area contributed by atoms with Crippen LogP contribution < -0.4 is 5.73 Å². The summed E-state index contributed by atoms with van der Waals surface area (Å²) in [6.07, 6.45) is -7.01. The third-order valence-corrected chi connectivity index (χ3v) is 2.89. The minimum absolute atomic E-state index is 0.665. The van der Waals surface area contributed by atoms with Gasteiger partial charge >= 0.3 is 5.97 Å². The summed E-state index contributed by atoms with van der Waals surface area (Å²) >= 11 is 0. The van der Waals surface area contributed by atoms with E-state index in [1.165, 1.54) is 0 Å². The molecule has 0 radical (unpaired) electrons. The van der Waals surface area contributed by atoms with Crippen molar-refractivity contribution in [2.45, 2.75) is 42.7 Å². The van der Waals surface area contributed by atoms with Gasteiger partial charge in [0.1, 0.15) is 18.3 Å². The molecule has 9 heteroatoms. The maximum atomic E-state index is 10.8. The smallest absolute Gasteiger partial charge is 0.364 e. The van der Waals surface area contributed by atoms with Crippen LogP contribution in [-0.2, 0) is 9.53 Å². The number of rotatable bonds is 4. The van der Waals surface area contributed by atoms with Crippen molar-refractivity contribution in [3.8, 4) is 0 Å². The van der Waals surface area contributed by atoms with E-state index in [0.717, 1.165) is 0 Å². The van der Waals surface area contributed by atoms with Gasteiger partial charge in [-0.25, -0.2) is 4.79 Å². The van der Waals surface area contributed by atoms with Crippen LogP contribution in [0.5, 0.6) is 0 Å². The second-order valence-corrected chi connectivity index (χ2v) is 4.26. The van der Waals surface area contributed by atoms with Gasteiger partial charge in [0.2, 0.25) is 0 Å². The topological polar surface area (TPSA) is 174 Å². The maximum absolute atomic E-state index is 10.8. The zero-order valence-electron chi connectivity index (χ0n) is 9.38. The van der Waals surface area contributed by atoms with Gasteiger partial charge in [-0.15, -0.1) is 0 Å². The fourth-order valence-corrected chi connectivity index (χ4v) is 1.75. The molecule has 1 aliphatic rings. The first kappa shape index (κ1) is 15.2. The lowest BCUT2D eigenvalue weighted by molar-refractivity contribution is -0.292. The highest BCUT2D eigenvalue weighted by Gasteiger charge is 2.52. The van der Waals surface area contributed by atoms with Gasteiger partial charge in [0.25, 0.3) is 5.79 Å². The van der Waals surface area contributed by atoms with Crippen molar-refractivity contribution < 1.29 is 40.2 Å². The van der Waals surface area contributed by atoms with E-state index in [9.17, 15) is 25.2 Å². The molecule has 0 spiro atoms. The number of hydrogen-bond donors (Lipinski definition) is 7. The highest BCUT2D eigenvalue weighted by Crippen LogP contribution is 2.29. The Kier molecular flexibility index (Phi) is 4.61. The number of aliphatic hydroxyl groups excluding tert-OH is 4. The Balaban J connectivity index is 2.92. The lowest BCUT2D eigenvalue weighted by Gasteiger charge is -2.43. The minimum atomic E-state index is -2.70. The molecular weight excluding hydrogens is 250 g/mol. The normalized spacial score (nSPS) is 40.2. The molecule has 8 N–H and O–H groups in total. The average Bonchev–Trinajstić information content (AvgIpc) is 2.31. The van der Waals surface area contributed by atoms with Crippen LogP contribution in [0.2, 0.25) is 0 Å². The number of nitrogens with two attached hydrogens (primary N) is 1. The van der Waals surface area contributed by atoms with Gasteiger partial charge < -0.3 is 41.1 Å². The van der Waals surface area contributed by atoms with Crippen LogP contribution in [0.25, 0.3) is 0 Å². The molecule has 9 nitrogen and oxygen atoms in total. The Morgan fingerprint density at radius 2 is 2.06 bits per heavy atom. The van der Waals surface area contributed by atoms with Crippen LogP contribution >= 0.6 is 0 Å². The summed E-state index contributed by atoms with van der Waals surface area (Å²) in [4.78, 5) is 10.8. The van der Waals surface area contributed by atoms with Crippen molar-refractivity contribution in [2.24, 2.45) is 5.73 Å². The summed E-state index contributed by atoms with van der Waals surface area (Å²) in [7, 11) is 0. The fraction of sp³-hybridized carbons (Fsp3) is 0.889. The zero-order chi connectivity index (χ0) is 14.1. The summed E-state index contributed by atoms with van der Waals surface area (Å²) in [5.74, 6) is -4.44. The van der Waals surface area contributed by atoms with Crippen molar-refractivity contribution >= 4 is 5.97 Å². The number of carboxylic acid groups (broad SMARTS) is 1. The van der Waals surface area contributed by atoms with Gasteiger partial charge in [-0.2, -0.15) is 0 Å². The lowest BCUT2D eigenvalue weighted by atomic mass is 9.89. The van der Waals surface area contributed by atoms with Crippen molar-refractivity contribution in [3.63, 3.8) is 0 Å². The van der Waals surface area contributed by atoms with Crippen molar-refractivity contribution in [3.05, 3.63) is 0 Å². The van der Waals surface area contributed by atoms with Crippen molar-refractivity contribution in [1.82, 2.24) is 0 Å². The van der Waals surface area contributed by atoms with E-state index in [0.29, 0.717) is 0 Å². The Hall–Kier alpha value is -0.810. The van der Waals surface area contributed by atoms with Gasteiger partial charge in [-0.05, 0) is 0 Å². The van der Waals surface area contributed by atoms with Crippen LogP contribution in [0, 0.1) is 0 Å². The molecule has 0 aromatic rings. The molecule has 18 heavy (non-hydrogen) atoms. The van der Waals surface area contributed by atoms with Crippen molar-refractivity contribution in [1.29, 1.82) is 0 Å². The van der Waals surface area contributed by atoms with Crippen LogP contribution in [0.15, 0.2) is 0 Å². The molecule has 0 bridgehead atoms. The molecule has 6 atom stereocenters. The van der Waals surface area contributed by atoms with Crippen LogP contribution in [0.3, 0.4) is 0 Å². The quantitative estimate of drug-likeness (QED) is 0.267. The van der Waals surface area contributed by atoms with Crippen LogP contribution in [0.4, 0.5) is 0 Å². The Labute approximate surface area is 102 Å². The SMILES string of the molecule is NC1C([C@H](O)[C@H](O)CO)OC(O)(C(=O)O)C[C@H]1O. The van der Waals surface area contributed by atoms with Gasteiger partial charge in [0.05, 0.1) is 18.8 Å². The third-order valence-electron chi connectivity index (χ3n) is 2.89. The number of aliphatic carboxylic acids is 1. The first-order valence-corrected chi connectivity index (χ1v) is 5.27. The summed E-state index contributed by atoms with van der Waals surface area (Å²) in [6.45, 7) is -0.810. The minimum Gasteiger partial charge on any atom is -0.477 e. The first-order chi connectivity index (χ1) is 8.23. The van der Waals surface area contributed by atoms with E-state index >= 15 is 0 Å². The van der Waals surface area contributed by atoms with E-state index in [2.05, 4.69) is 0 Å². The fourth-order valence-electron chi connectivity index (χ4n) is 1.75. The predicted octanol–water partition coefficient (Wildman–Crippen LogP) is -4.05. The summed E-state index contributed by atoms with van der Waals surface area (Å²) in [6, 6.07) is -1.21. The van der Waals surface area contributed by atoms with Crippen LogP contribution in [-0.4, -0.2) is 79.5 Å². The molecule has 1 rings (SSSR count). The van der Waals surface area contributed by atoms with Gasteiger partial charge in [0.15, 0.2) is 0 Å². The molecular formula is C9H17NO8. The monoisotopic (exact) mass is 267 g/mol. The Morgan fingerprint density at radius 1 is 1.50 bits per heavy atom. The molecule has 0 saturated carbocycles. The van der Waals surface area contributed by atoms with E-state index < -0.39 is 55.2 Å². The second kappa shape index (κ2) is 5.45. The second-order valence-electron chi connectivity index (χ2n) is 4.26. The summed E-state index contributed by atoms with van der Waals surface area (Å²) < 4.78 is 4.75. The number of aliphatic hydroxyl groups is 5. The molecule has 106 valence electrons.